The lowest BCUT2D eigenvalue weighted by Gasteiger charge is -2.25. The van der Waals surface area contributed by atoms with E-state index in [-0.39, 0.29) is 18.5 Å². The summed E-state index contributed by atoms with van der Waals surface area (Å²) in [7, 11) is 1.60. The molecule has 3 aromatic carbocycles. The Morgan fingerprint density at radius 1 is 0.974 bits per heavy atom. The lowest BCUT2D eigenvalue weighted by atomic mass is 9.98. The van der Waals surface area contributed by atoms with Crippen molar-refractivity contribution in [3.8, 4) is 5.75 Å². The van der Waals surface area contributed by atoms with Gasteiger partial charge in [-0.25, -0.2) is 9.91 Å². The fourth-order valence-corrected chi connectivity index (χ4v) is 5.17. The van der Waals surface area contributed by atoms with Crippen molar-refractivity contribution in [3.63, 3.8) is 0 Å². The van der Waals surface area contributed by atoms with Gasteiger partial charge in [-0.05, 0) is 47.5 Å². The number of carbonyl (C=O) groups is 3. The molecule has 3 atom stereocenters. The van der Waals surface area contributed by atoms with Gasteiger partial charge in [0.25, 0.3) is 17.7 Å². The van der Waals surface area contributed by atoms with Gasteiger partial charge in [-0.15, -0.1) is 0 Å². The van der Waals surface area contributed by atoms with E-state index in [4.69, 9.17) is 16.3 Å². The molecular formula is C28H23ClN6O4. The number of fused-ring (bicyclic) bond motifs is 1. The van der Waals surface area contributed by atoms with Crippen molar-refractivity contribution in [3.05, 3.63) is 95.0 Å². The maximum Gasteiger partial charge on any atom is 0.264 e. The first-order chi connectivity index (χ1) is 18.9. The van der Waals surface area contributed by atoms with Gasteiger partial charge < -0.3 is 4.74 Å². The van der Waals surface area contributed by atoms with Crippen molar-refractivity contribution in [2.24, 2.45) is 15.4 Å². The second-order valence-corrected chi connectivity index (χ2v) is 9.76. The highest BCUT2D eigenvalue weighted by Gasteiger charge is 2.55. The number of hydrogen-bond acceptors (Lipinski definition) is 8. The van der Waals surface area contributed by atoms with Crippen molar-refractivity contribution in [2.45, 2.75) is 24.5 Å². The van der Waals surface area contributed by atoms with Gasteiger partial charge in [-0.3, -0.25) is 19.4 Å². The number of methoxy groups -OCH3 is 1. The number of halogens is 1. The number of rotatable bonds is 6. The third kappa shape index (κ3) is 4.42. The highest BCUT2D eigenvalue weighted by atomic mass is 35.5. The zero-order valence-electron chi connectivity index (χ0n) is 20.8. The van der Waals surface area contributed by atoms with E-state index < -0.39 is 23.9 Å². The van der Waals surface area contributed by atoms with Crippen LogP contribution in [0.2, 0.25) is 5.02 Å². The van der Waals surface area contributed by atoms with Gasteiger partial charge in [0.1, 0.15) is 12.3 Å². The first-order valence-corrected chi connectivity index (χ1v) is 12.7. The van der Waals surface area contributed by atoms with E-state index in [1.165, 1.54) is 10.0 Å². The number of carbonyl (C=O) groups excluding carboxylic acids is 3. The minimum atomic E-state index is -1.01. The standard InChI is InChI=1S/C28H23ClN6O4/c1-39-21-13-7-18(8-14-21)23-15-22(17-5-3-2-4-6-17)31-35(23)24(36)16-33-26-25(30-32-33)27(37)34(28(26)38)20-11-9-19(29)10-12-20/h2-14,23,25-26H,15-16H2,1H3/t23-,25-,26-/m0/s1. The van der Waals surface area contributed by atoms with Crippen LogP contribution in [-0.2, 0) is 14.4 Å². The van der Waals surface area contributed by atoms with Crippen molar-refractivity contribution in [2.75, 3.05) is 18.6 Å². The predicted molar refractivity (Wildman–Crippen MR) is 143 cm³/mol. The van der Waals surface area contributed by atoms with Crippen LogP contribution in [0.25, 0.3) is 0 Å². The molecule has 3 amide bonds. The summed E-state index contributed by atoms with van der Waals surface area (Å²) in [5, 5.41) is 16.0. The summed E-state index contributed by atoms with van der Waals surface area (Å²) >= 11 is 5.96. The minimum absolute atomic E-state index is 0.267. The molecule has 11 heteroatoms. The van der Waals surface area contributed by atoms with Crippen molar-refractivity contribution in [1.29, 1.82) is 0 Å². The first kappa shape index (κ1) is 24.7. The molecule has 3 aromatic rings. The molecule has 6 rings (SSSR count). The average molecular weight is 543 g/mol. The van der Waals surface area contributed by atoms with Gasteiger partial charge in [0.15, 0.2) is 12.1 Å². The van der Waals surface area contributed by atoms with Gasteiger partial charge in [0.2, 0.25) is 0 Å². The second-order valence-electron chi connectivity index (χ2n) is 9.32. The van der Waals surface area contributed by atoms with Gasteiger partial charge in [-0.2, -0.15) is 10.2 Å². The molecule has 0 aromatic heterocycles. The highest BCUT2D eigenvalue weighted by Crippen LogP contribution is 2.36. The molecule has 1 fully saturated rings. The van der Waals surface area contributed by atoms with Crippen molar-refractivity contribution < 1.29 is 19.1 Å². The summed E-state index contributed by atoms with van der Waals surface area (Å²) in [5.41, 5.74) is 2.97. The van der Waals surface area contributed by atoms with Crippen LogP contribution in [0.3, 0.4) is 0 Å². The maximum atomic E-state index is 13.7. The minimum Gasteiger partial charge on any atom is -0.497 e. The smallest absolute Gasteiger partial charge is 0.264 e. The first-order valence-electron chi connectivity index (χ1n) is 12.3. The fraction of sp³-hybridized carbons (Fsp3) is 0.214. The monoisotopic (exact) mass is 542 g/mol. The topological polar surface area (TPSA) is 107 Å². The number of nitrogens with zero attached hydrogens (tertiary/aromatic N) is 6. The Hall–Kier alpha value is -4.57. The molecule has 3 aliphatic rings. The zero-order chi connectivity index (χ0) is 27.1. The summed E-state index contributed by atoms with van der Waals surface area (Å²) in [5.74, 6) is -0.650. The summed E-state index contributed by atoms with van der Waals surface area (Å²) in [4.78, 5) is 41.1. The average Bonchev–Trinajstić information content (AvgIpc) is 3.65. The van der Waals surface area contributed by atoms with E-state index in [0.29, 0.717) is 22.9 Å². The normalized spacial score (nSPS) is 21.9. The lowest BCUT2D eigenvalue weighted by molar-refractivity contribution is -0.135. The second kappa shape index (κ2) is 9.95. The number of hydrazone groups is 1. The molecule has 196 valence electrons. The Kier molecular flexibility index (Phi) is 6.32. The third-order valence-electron chi connectivity index (χ3n) is 7.01. The number of benzene rings is 3. The third-order valence-corrected chi connectivity index (χ3v) is 7.27. The SMILES string of the molecule is COc1ccc([C@@H]2CC(c3ccccc3)=NN2C(=O)CN2N=N[C@@H]3C(=O)N(c4ccc(Cl)cc4)C(=O)[C@H]32)cc1. The molecule has 39 heavy (non-hydrogen) atoms. The fourth-order valence-electron chi connectivity index (χ4n) is 5.04. The summed E-state index contributed by atoms with van der Waals surface area (Å²) in [6.07, 6.45) is 0.511. The Bertz CT molecular complexity index is 1490. The number of imide groups is 1. The maximum absolute atomic E-state index is 13.7. The van der Waals surface area contributed by atoms with Crippen LogP contribution < -0.4 is 9.64 Å². The molecule has 1 saturated heterocycles. The summed E-state index contributed by atoms with van der Waals surface area (Å²) < 4.78 is 5.28. The molecule has 0 aliphatic carbocycles. The summed E-state index contributed by atoms with van der Waals surface area (Å²) in [6.45, 7) is -0.267. The number of ether oxygens (including phenoxy) is 1. The highest BCUT2D eigenvalue weighted by molar-refractivity contribution is 6.31. The van der Waals surface area contributed by atoms with Gasteiger partial charge >= 0.3 is 0 Å². The predicted octanol–water partition coefficient (Wildman–Crippen LogP) is 4.02. The number of anilines is 1. The molecule has 0 radical (unpaired) electrons. The van der Waals surface area contributed by atoms with Crippen molar-refractivity contribution >= 4 is 40.7 Å². The van der Waals surface area contributed by atoms with Crippen LogP contribution in [0.1, 0.15) is 23.6 Å². The van der Waals surface area contributed by atoms with E-state index in [0.717, 1.165) is 21.7 Å². The molecule has 10 nitrogen and oxygen atoms in total. The Labute approximate surface area is 229 Å². The largest absolute Gasteiger partial charge is 0.497 e. The molecule has 3 heterocycles. The zero-order valence-corrected chi connectivity index (χ0v) is 21.6. The molecule has 0 N–H and O–H groups in total. The van der Waals surface area contributed by atoms with E-state index in [9.17, 15) is 14.4 Å². The quantitative estimate of drug-likeness (QED) is 0.437. The van der Waals surface area contributed by atoms with Crippen LogP contribution in [0, 0.1) is 0 Å². The molecule has 3 aliphatic heterocycles. The molecular weight excluding hydrogens is 520 g/mol. The van der Waals surface area contributed by atoms with Crippen LogP contribution in [0.15, 0.2) is 94.3 Å². The molecule has 0 saturated carbocycles. The lowest BCUT2D eigenvalue weighted by Crippen LogP contribution is -2.44. The van der Waals surface area contributed by atoms with Crippen LogP contribution in [0.4, 0.5) is 5.69 Å². The molecule has 0 spiro atoms. The van der Waals surface area contributed by atoms with Gasteiger partial charge in [-0.1, -0.05) is 59.3 Å². The molecule has 0 bridgehead atoms. The van der Waals surface area contributed by atoms with E-state index in [1.807, 2.05) is 54.6 Å². The van der Waals surface area contributed by atoms with Crippen LogP contribution >= 0.6 is 11.6 Å². The summed E-state index contributed by atoms with van der Waals surface area (Å²) in [6, 6.07) is 21.2. The van der Waals surface area contributed by atoms with Gasteiger partial charge in [0.05, 0.1) is 24.6 Å². The molecule has 0 unspecified atom stereocenters. The Morgan fingerprint density at radius 3 is 2.38 bits per heavy atom. The van der Waals surface area contributed by atoms with Gasteiger partial charge in [0, 0.05) is 11.4 Å². The van der Waals surface area contributed by atoms with Crippen LogP contribution in [-0.4, -0.2) is 59.2 Å². The van der Waals surface area contributed by atoms with E-state index in [2.05, 4.69) is 15.4 Å². The van der Waals surface area contributed by atoms with E-state index in [1.54, 1.807) is 31.4 Å². The Balaban J connectivity index is 1.25. The van der Waals surface area contributed by atoms with Crippen molar-refractivity contribution in [1.82, 2.24) is 10.0 Å². The Morgan fingerprint density at radius 2 is 1.69 bits per heavy atom. The number of hydrogen-bond donors (Lipinski definition) is 0. The van der Waals surface area contributed by atoms with E-state index >= 15 is 0 Å². The van der Waals surface area contributed by atoms with Crippen LogP contribution in [0.5, 0.6) is 5.75 Å². The number of amides is 3.